The van der Waals surface area contributed by atoms with E-state index in [1.807, 2.05) is 6.07 Å². The first kappa shape index (κ1) is 112. The molecule has 0 amide bonds. The van der Waals surface area contributed by atoms with Gasteiger partial charge in [-0.25, -0.2) is 0 Å². The zero-order chi connectivity index (χ0) is 98.7. The molecule has 0 aliphatic carbocycles. The summed E-state index contributed by atoms with van der Waals surface area (Å²) in [7, 11) is -5.23. The number of rotatable bonds is 11. The number of hydrogen-bond donors (Lipinski definition) is 0. The summed E-state index contributed by atoms with van der Waals surface area (Å²) in [6.45, 7) is 89.8. The Hall–Kier alpha value is -3.60. The van der Waals surface area contributed by atoms with E-state index in [-0.39, 0.29) is 70.4 Å². The van der Waals surface area contributed by atoms with Crippen molar-refractivity contribution in [2.45, 2.75) is 329 Å². The normalized spacial score (nSPS) is 23.3. The van der Waals surface area contributed by atoms with Crippen LogP contribution in [0.5, 0.6) is 23.0 Å². The molecule has 13 rings (SSSR count). The molecule has 0 bridgehead atoms. The van der Waals surface area contributed by atoms with Crippen LogP contribution in [0.2, 0.25) is 0 Å². The summed E-state index contributed by atoms with van der Waals surface area (Å²) < 4.78 is 125. The lowest BCUT2D eigenvalue weighted by Gasteiger charge is -2.42. The van der Waals surface area contributed by atoms with Gasteiger partial charge >= 0.3 is 59.9 Å². The fourth-order valence-electron chi connectivity index (χ4n) is 15.0. The zero-order valence-electron chi connectivity index (χ0n) is 88.0. The van der Waals surface area contributed by atoms with Gasteiger partial charge in [-0.15, -0.1) is 0 Å². The van der Waals surface area contributed by atoms with Crippen molar-refractivity contribution in [2.24, 2.45) is 16.2 Å². The Morgan fingerprint density at radius 2 is 0.477 bits per heavy atom. The van der Waals surface area contributed by atoms with Gasteiger partial charge in [0, 0.05) is 69.5 Å². The topological polar surface area (TPSA) is 202 Å². The van der Waals surface area contributed by atoms with Crippen molar-refractivity contribution in [2.75, 3.05) is 101 Å². The molecule has 0 saturated carbocycles. The average molecular weight is 1970 g/mol. The highest BCUT2D eigenvalue weighted by atomic mass is 31.2. The molecule has 740 valence electrons. The van der Waals surface area contributed by atoms with Crippen LogP contribution >= 0.6 is 59.9 Å². The first-order valence-electron chi connectivity index (χ1n) is 46.5. The van der Waals surface area contributed by atoms with Gasteiger partial charge < -0.3 is 89.8 Å². The van der Waals surface area contributed by atoms with Crippen LogP contribution in [0.25, 0.3) is 21.9 Å². The molecular formula is C104H163O21P7. The van der Waals surface area contributed by atoms with Gasteiger partial charge in [0.25, 0.3) is 0 Å². The molecule has 7 aromatic rings. The third kappa shape index (κ3) is 29.8. The molecule has 1 aromatic heterocycles. The molecule has 21 nitrogen and oxygen atoms in total. The molecule has 7 heterocycles. The maximum absolute atomic E-state index is 6.58. The predicted octanol–water partition coefficient (Wildman–Crippen LogP) is 32.1. The largest absolute Gasteiger partial charge is 0.426 e. The molecule has 0 unspecified atom stereocenters. The van der Waals surface area contributed by atoms with Crippen molar-refractivity contribution in [3.05, 3.63) is 163 Å². The smallest absolute Gasteiger partial charge is 0.397 e. The van der Waals surface area contributed by atoms with Crippen LogP contribution in [0.3, 0.4) is 0 Å². The zero-order valence-corrected chi connectivity index (χ0v) is 94.2. The molecule has 6 aliphatic rings. The van der Waals surface area contributed by atoms with Crippen LogP contribution in [0, 0.1) is 37.0 Å². The van der Waals surface area contributed by atoms with E-state index in [4.69, 9.17) is 94.3 Å². The van der Waals surface area contributed by atoms with Crippen molar-refractivity contribution < 1.29 is 94.3 Å². The molecule has 0 atom stereocenters. The van der Waals surface area contributed by atoms with E-state index >= 15 is 0 Å². The summed E-state index contributed by atoms with van der Waals surface area (Å²) >= 11 is 0. The lowest BCUT2D eigenvalue weighted by molar-refractivity contribution is -0.0729. The highest BCUT2D eigenvalue weighted by Crippen LogP contribution is 2.60. The number of benzene rings is 6. The molecule has 6 aromatic carbocycles. The monoisotopic (exact) mass is 1960 g/mol. The van der Waals surface area contributed by atoms with Crippen LogP contribution in [-0.2, 0) is 123 Å². The van der Waals surface area contributed by atoms with Gasteiger partial charge in [0.1, 0.15) is 34.2 Å². The molecule has 0 N–H and O–H groups in total. The summed E-state index contributed by atoms with van der Waals surface area (Å²) in [5.41, 5.74) is 17.0. The maximum atomic E-state index is 6.58. The Morgan fingerprint density at radius 3 is 0.720 bits per heavy atom. The van der Waals surface area contributed by atoms with E-state index in [1.54, 1.807) is 21.3 Å². The molecule has 28 heteroatoms. The van der Waals surface area contributed by atoms with Gasteiger partial charge in [0.2, 0.25) is 0 Å². The number of aryl methyl sites for hydroxylation is 3. The second kappa shape index (κ2) is 43.9. The molecule has 0 radical (unpaired) electrons. The van der Waals surface area contributed by atoms with Crippen molar-refractivity contribution in [1.82, 2.24) is 0 Å². The molecule has 6 saturated heterocycles. The highest BCUT2D eigenvalue weighted by Gasteiger charge is 2.49. The maximum Gasteiger partial charge on any atom is 0.397 e. The summed E-state index contributed by atoms with van der Waals surface area (Å²) in [6, 6.07) is 30.8. The van der Waals surface area contributed by atoms with Crippen molar-refractivity contribution in [3.63, 3.8) is 0 Å². The number of fused-ring (bicyclic) bond motifs is 3. The summed E-state index contributed by atoms with van der Waals surface area (Å²) in [4.78, 5) is 0. The molecule has 132 heavy (non-hydrogen) atoms. The van der Waals surface area contributed by atoms with Gasteiger partial charge in [-0.3, -0.25) is 4.52 Å². The van der Waals surface area contributed by atoms with Crippen LogP contribution in [0.4, 0.5) is 0 Å². The van der Waals surface area contributed by atoms with E-state index in [1.165, 1.54) is 73.2 Å². The van der Waals surface area contributed by atoms with Crippen LogP contribution < -0.4 is 22.6 Å². The Bertz CT molecular complexity index is 4700. The second-order valence-corrected chi connectivity index (χ2v) is 56.2. The third-order valence-electron chi connectivity index (χ3n) is 23.3. The first-order chi connectivity index (χ1) is 60.7. The quantitative estimate of drug-likeness (QED) is 0.111. The minimum atomic E-state index is -1.57. The number of hydrogen-bond acceptors (Lipinski definition) is 21. The minimum Gasteiger partial charge on any atom is -0.426 e. The van der Waals surface area contributed by atoms with E-state index in [0.29, 0.717) is 79.3 Å². The Morgan fingerprint density at radius 1 is 0.250 bits per heavy atom. The Balaban J connectivity index is 0.000000204. The summed E-state index contributed by atoms with van der Waals surface area (Å²) in [6.07, 6.45) is 1.25. The van der Waals surface area contributed by atoms with E-state index in [0.717, 1.165) is 56.1 Å². The molecule has 3 spiro atoms. The SMILES string of the molecule is CCC.COP1OCC2(CO1)COP(OC)OC2.COp1oc2c(C(C)(C)C)cc(C(C)(C)C)cc2c2cc(C(C)(C)C)cc(C(C)(C)C)c2o1.Cc1cc(C(C)(C)C)c(OP2OCC3(CO2)COP(Oc2c(C(C)(C)C)cc(C)cc2C(C)(C)C)OC3)c(C(C)(C)C)c1.Cc1ccc(OP2OCC3(CO2)COP(Oc2ccc(C(C)(C)C)cc2C(C)(C)C)OC3)c(C(C)(C)C)c1. The average Bonchev–Trinajstić information content (AvgIpc) is 1.45. The Labute approximate surface area is 803 Å². The Kier molecular flexibility index (Phi) is 37.2. The lowest BCUT2D eigenvalue weighted by atomic mass is 9.77. The fourth-order valence-corrected chi connectivity index (χ4v) is 23.1. The van der Waals surface area contributed by atoms with Crippen LogP contribution in [-0.4, -0.2) is 101 Å². The highest BCUT2D eigenvalue weighted by molar-refractivity contribution is 7.43. The van der Waals surface area contributed by atoms with Crippen LogP contribution in [0.1, 0.15) is 327 Å². The van der Waals surface area contributed by atoms with Gasteiger partial charge in [-0.05, 0) is 121 Å². The molecule has 6 aliphatic heterocycles. The van der Waals surface area contributed by atoms with Gasteiger partial charge in [-0.1, -0.05) is 326 Å². The van der Waals surface area contributed by atoms with Crippen molar-refractivity contribution in [1.29, 1.82) is 0 Å². The standard InChI is InChI=1S/C35H54O6P2.C30H44O6P2.C29H43O3P.C7H14O6P2.C3H8/c1-23-15-25(31(3,4)5)29(26(16-23)32(6,7)8)40-42-36-19-35(20-37-42)21-38-43(39-22-35)41-30-27(33(9,10)11)17-24(2)18-28(30)34(12,13)14;1-21-11-13-25(23(15-21)28(5,6)7)35-37-31-17-30(18-32-37)19-33-38(34-20-30)36-26-14-12-22(27(2,3)4)16-24(26)29(8,9)10;1-26(2,3)18-14-20-21-15-19(27(4,5)6)17-23(29(10,11)12)25(21)32-33(30-13)31-24(20)22(16-18)28(7,8)9;1-8-14-10-3-7(4-11-14)5-12-15(9-2)13-6-7;1-3-2/h15-18H,19-22H2,1-14H3;11-16H,17-20H2,1-10H3;14-17H,1-13H3;3-6H2,1-2H3;3H2,1-2H3. The van der Waals surface area contributed by atoms with Gasteiger partial charge in [0.05, 0.1) is 103 Å². The van der Waals surface area contributed by atoms with Crippen molar-refractivity contribution >= 4 is 81.8 Å². The van der Waals surface area contributed by atoms with E-state index in [9.17, 15) is 0 Å². The van der Waals surface area contributed by atoms with E-state index < -0.39 is 65.3 Å². The summed E-state index contributed by atoms with van der Waals surface area (Å²) in [5.74, 6) is 3.38. The third-order valence-corrected chi connectivity index (χ3v) is 30.3. The fraction of sp³-hybridized carbons (Fsp3) is 0.654. The molecular weight excluding hydrogens is 1800 g/mol. The van der Waals surface area contributed by atoms with Gasteiger partial charge in [-0.2, -0.15) is 0 Å². The van der Waals surface area contributed by atoms with Gasteiger partial charge in [0.15, 0.2) is 0 Å². The van der Waals surface area contributed by atoms with Crippen LogP contribution in [0.15, 0.2) is 93.3 Å². The molecule has 6 fully saturated rings. The first-order valence-corrected chi connectivity index (χ1v) is 54.2. The lowest BCUT2D eigenvalue weighted by Crippen LogP contribution is -2.45. The predicted molar refractivity (Wildman–Crippen MR) is 547 cm³/mol. The minimum absolute atomic E-state index is 0.00282. The second-order valence-electron chi connectivity index (χ2n) is 47.8. The summed E-state index contributed by atoms with van der Waals surface area (Å²) in [5, 5.41) is 2.20. The van der Waals surface area contributed by atoms with Crippen molar-refractivity contribution in [3.8, 4) is 23.0 Å². The van der Waals surface area contributed by atoms with E-state index in [2.05, 4.69) is 342 Å².